The Morgan fingerprint density at radius 3 is 2.43 bits per heavy atom. The Bertz CT molecular complexity index is 1330. The number of benzene rings is 1. The monoisotopic (exact) mass is 509 g/mol. The Morgan fingerprint density at radius 2 is 1.80 bits per heavy atom. The van der Waals surface area contributed by atoms with E-state index in [0.29, 0.717) is 16.8 Å². The van der Waals surface area contributed by atoms with E-state index < -0.39 is 10.0 Å². The molecule has 3 heterocycles. The maximum atomic E-state index is 11.6. The van der Waals surface area contributed by atoms with Crippen LogP contribution in [0.2, 0.25) is 0 Å². The van der Waals surface area contributed by atoms with E-state index in [1.54, 1.807) is 12.1 Å². The second-order valence-electron chi connectivity index (χ2n) is 9.55. The summed E-state index contributed by atoms with van der Waals surface area (Å²) in [6.45, 7) is 4.41. The predicted molar refractivity (Wildman–Crippen MR) is 144 cm³/mol. The topological polar surface area (TPSA) is 79.3 Å². The summed E-state index contributed by atoms with van der Waals surface area (Å²) in [6, 6.07) is 16.0. The number of thiocarbonyl (C=S) groups is 1. The van der Waals surface area contributed by atoms with E-state index in [9.17, 15) is 8.42 Å². The largest absolute Gasteiger partial charge is 0.351 e. The van der Waals surface area contributed by atoms with E-state index in [0.717, 1.165) is 17.6 Å². The van der Waals surface area contributed by atoms with Crippen molar-refractivity contribution in [3.8, 4) is 0 Å². The van der Waals surface area contributed by atoms with Crippen molar-refractivity contribution < 1.29 is 8.42 Å². The first-order valence-corrected chi connectivity index (χ1v) is 14.3. The molecule has 2 fully saturated rings. The minimum Gasteiger partial charge on any atom is -0.351 e. The third-order valence-corrected chi connectivity index (χ3v) is 8.00. The van der Waals surface area contributed by atoms with Gasteiger partial charge in [-0.2, -0.15) is 0 Å². The molecule has 1 aromatic carbocycles. The molecular weight excluding hydrogens is 478 g/mol. The number of sulfonamides is 1. The van der Waals surface area contributed by atoms with Crippen LogP contribution in [0.15, 0.2) is 54.7 Å². The normalized spacial score (nSPS) is 20.9. The molecule has 7 nitrogen and oxygen atoms in total. The summed E-state index contributed by atoms with van der Waals surface area (Å²) in [4.78, 5) is 6.80. The molecule has 184 valence electrons. The maximum Gasteiger partial charge on any atom is 0.229 e. The van der Waals surface area contributed by atoms with Gasteiger partial charge in [0.2, 0.25) is 10.0 Å². The highest BCUT2D eigenvalue weighted by atomic mass is 32.2. The summed E-state index contributed by atoms with van der Waals surface area (Å²) in [5.41, 5.74) is 6.13. The Hall–Kier alpha value is -2.91. The fourth-order valence-electron chi connectivity index (χ4n) is 5.68. The fraction of sp³-hybridized carbons (Fsp3) is 0.385. The number of pyridine rings is 1. The molecule has 1 saturated heterocycles. The van der Waals surface area contributed by atoms with Gasteiger partial charge in [0.15, 0.2) is 5.11 Å². The molecule has 1 aliphatic heterocycles. The fourth-order valence-corrected chi connectivity index (χ4v) is 6.59. The zero-order chi connectivity index (χ0) is 24.7. The van der Waals surface area contributed by atoms with Gasteiger partial charge in [0.25, 0.3) is 0 Å². The van der Waals surface area contributed by atoms with Crippen LogP contribution >= 0.6 is 12.2 Å². The van der Waals surface area contributed by atoms with Gasteiger partial charge in [0, 0.05) is 35.0 Å². The van der Waals surface area contributed by atoms with Gasteiger partial charge in [-0.15, -0.1) is 0 Å². The maximum absolute atomic E-state index is 11.6. The van der Waals surface area contributed by atoms with Crippen LogP contribution in [0, 0.1) is 13.8 Å². The van der Waals surface area contributed by atoms with Crippen LogP contribution in [0.1, 0.15) is 66.5 Å². The molecule has 0 radical (unpaired) electrons. The first-order chi connectivity index (χ1) is 16.7. The summed E-state index contributed by atoms with van der Waals surface area (Å²) in [7, 11) is -3.35. The molecule has 2 atom stereocenters. The number of nitrogens with zero attached hydrogens (tertiary/aromatic N) is 3. The number of nitrogens with one attached hydrogen (secondary N) is 2. The zero-order valence-corrected chi connectivity index (χ0v) is 21.9. The van der Waals surface area contributed by atoms with Gasteiger partial charge in [-0.05, 0) is 86.9 Å². The lowest BCUT2D eigenvalue weighted by atomic mass is 9.96. The van der Waals surface area contributed by atoms with Gasteiger partial charge < -0.3 is 14.8 Å². The molecule has 0 spiro atoms. The van der Waals surface area contributed by atoms with Gasteiger partial charge in [0.05, 0.1) is 24.0 Å². The van der Waals surface area contributed by atoms with Crippen molar-refractivity contribution in [2.24, 2.45) is 0 Å². The highest BCUT2D eigenvalue weighted by Gasteiger charge is 2.42. The molecule has 5 rings (SSSR count). The highest BCUT2D eigenvalue weighted by Crippen LogP contribution is 2.45. The standard InChI is InChI=1S/C26H31N5O2S2/c1-17-16-22(18(2)30(17)20-8-4-5-9-20)25-24(23-10-6-7-15-27-23)28-26(34)31(25)21-13-11-19(12-14-21)29-35(3,32)33/h6-7,10-16,20,24-25,29H,4-5,8-9H2,1-3H3,(H,28,34). The minimum atomic E-state index is -3.35. The summed E-state index contributed by atoms with van der Waals surface area (Å²) < 4.78 is 28.3. The number of anilines is 2. The SMILES string of the molecule is Cc1cc(C2C(c3ccccn3)NC(=S)N2c2ccc(NS(C)(=O)=O)cc2)c(C)n1C1CCCC1. The molecule has 0 amide bonds. The molecular formula is C26H31N5O2S2. The molecule has 2 N–H and O–H groups in total. The van der Waals surface area contributed by atoms with Gasteiger partial charge in [-0.1, -0.05) is 18.9 Å². The summed E-state index contributed by atoms with van der Waals surface area (Å²) in [5.74, 6) is 0. The van der Waals surface area contributed by atoms with E-state index in [1.165, 1.54) is 42.6 Å². The third kappa shape index (κ3) is 4.67. The number of rotatable bonds is 6. The highest BCUT2D eigenvalue weighted by molar-refractivity contribution is 7.92. The van der Waals surface area contributed by atoms with E-state index in [1.807, 2.05) is 36.5 Å². The molecule has 3 aromatic rings. The van der Waals surface area contributed by atoms with Crippen LogP contribution in [0.4, 0.5) is 11.4 Å². The van der Waals surface area contributed by atoms with Crippen molar-refractivity contribution in [1.29, 1.82) is 0 Å². The Labute approximate surface area is 212 Å². The minimum absolute atomic E-state index is 0.0903. The number of aryl methyl sites for hydroxylation is 1. The smallest absolute Gasteiger partial charge is 0.229 e. The van der Waals surface area contributed by atoms with Crippen LogP contribution < -0.4 is 14.9 Å². The molecule has 1 saturated carbocycles. The van der Waals surface area contributed by atoms with Crippen molar-refractivity contribution in [2.45, 2.75) is 57.7 Å². The average Bonchev–Trinajstić information content (AvgIpc) is 3.52. The summed E-state index contributed by atoms with van der Waals surface area (Å²) >= 11 is 5.86. The lowest BCUT2D eigenvalue weighted by molar-refractivity contribution is 0.494. The molecule has 0 bridgehead atoms. The van der Waals surface area contributed by atoms with Crippen molar-refractivity contribution in [2.75, 3.05) is 15.9 Å². The number of aromatic nitrogens is 2. The van der Waals surface area contributed by atoms with Crippen LogP contribution in [-0.2, 0) is 10.0 Å². The number of hydrogen-bond acceptors (Lipinski definition) is 4. The summed E-state index contributed by atoms with van der Waals surface area (Å²) in [6.07, 6.45) is 7.96. The molecule has 35 heavy (non-hydrogen) atoms. The van der Waals surface area contributed by atoms with Crippen molar-refractivity contribution in [1.82, 2.24) is 14.9 Å². The van der Waals surface area contributed by atoms with Crippen LogP contribution in [0.25, 0.3) is 0 Å². The zero-order valence-electron chi connectivity index (χ0n) is 20.2. The first kappa shape index (κ1) is 23.8. The Kier molecular flexibility index (Phi) is 6.31. The lowest BCUT2D eigenvalue weighted by Gasteiger charge is -2.28. The predicted octanol–water partition coefficient (Wildman–Crippen LogP) is 5.16. The van der Waals surface area contributed by atoms with Gasteiger partial charge >= 0.3 is 0 Å². The third-order valence-electron chi connectivity index (χ3n) is 7.08. The van der Waals surface area contributed by atoms with E-state index in [4.69, 9.17) is 12.2 Å². The second-order valence-corrected chi connectivity index (χ2v) is 11.7. The summed E-state index contributed by atoms with van der Waals surface area (Å²) in [5, 5.41) is 4.14. The van der Waals surface area contributed by atoms with E-state index in [-0.39, 0.29) is 12.1 Å². The molecule has 2 aromatic heterocycles. The molecule has 9 heteroatoms. The van der Waals surface area contributed by atoms with Crippen LogP contribution in [0.5, 0.6) is 0 Å². The van der Waals surface area contributed by atoms with E-state index >= 15 is 0 Å². The Balaban J connectivity index is 1.59. The molecule has 2 unspecified atom stereocenters. The van der Waals surface area contributed by atoms with Crippen LogP contribution in [-0.4, -0.2) is 29.3 Å². The van der Waals surface area contributed by atoms with Gasteiger partial charge in [0.1, 0.15) is 0 Å². The van der Waals surface area contributed by atoms with Crippen molar-refractivity contribution >= 4 is 38.7 Å². The molecule has 1 aliphatic carbocycles. The average molecular weight is 510 g/mol. The quantitative estimate of drug-likeness (QED) is 0.447. The van der Waals surface area contributed by atoms with Crippen molar-refractivity contribution in [3.05, 3.63) is 77.4 Å². The van der Waals surface area contributed by atoms with Gasteiger partial charge in [-0.25, -0.2) is 8.42 Å². The van der Waals surface area contributed by atoms with E-state index in [2.05, 4.69) is 44.4 Å². The Morgan fingerprint density at radius 1 is 1.09 bits per heavy atom. The second kappa shape index (κ2) is 9.28. The lowest BCUT2D eigenvalue weighted by Crippen LogP contribution is -2.29. The van der Waals surface area contributed by atoms with Crippen LogP contribution in [0.3, 0.4) is 0 Å². The molecule has 2 aliphatic rings. The number of hydrogen-bond donors (Lipinski definition) is 2. The van der Waals surface area contributed by atoms with Gasteiger partial charge in [-0.3, -0.25) is 9.71 Å². The van der Waals surface area contributed by atoms with Crippen molar-refractivity contribution in [3.63, 3.8) is 0 Å². The first-order valence-electron chi connectivity index (χ1n) is 12.0.